The maximum atomic E-state index is 14.0. The number of nitrogens with zero attached hydrogens (tertiary/aromatic N) is 4. The Hall–Kier alpha value is -3.20. The van der Waals surface area contributed by atoms with Crippen LogP contribution in [0.4, 0.5) is 4.39 Å². The summed E-state index contributed by atoms with van der Waals surface area (Å²) in [4.78, 5) is 31.2. The monoisotopic (exact) mass is 485 g/mol. The number of ether oxygens (including phenoxy) is 1. The van der Waals surface area contributed by atoms with Gasteiger partial charge in [0.2, 0.25) is 5.91 Å². The minimum absolute atomic E-state index is 0.00745. The first kappa shape index (κ1) is 22.6. The topological polar surface area (TPSA) is 88.8 Å². The van der Waals surface area contributed by atoms with Gasteiger partial charge in [-0.25, -0.2) is 13.9 Å². The standard InChI is InChI=1S/C24H25ClFN5O3/c1-4-21(32)28-15-8-16(9-15)34-20-7-14(26)5-6-17(20)24(33)30-10-18-19(11-30)29-31-13(3)22(25)12(2)27-23(18)31/h5-7,15-16H,4,8-11H2,1-3H3,(H,28,32). The summed E-state index contributed by atoms with van der Waals surface area (Å²) in [5, 5.41) is 8.11. The Bertz CT molecular complexity index is 1320. The molecule has 2 amide bonds. The first-order valence-corrected chi connectivity index (χ1v) is 11.7. The van der Waals surface area contributed by atoms with E-state index < -0.39 is 5.82 Å². The van der Waals surface area contributed by atoms with Gasteiger partial charge in [-0.05, 0) is 26.0 Å². The van der Waals surface area contributed by atoms with Gasteiger partial charge in [0.15, 0.2) is 5.65 Å². The fourth-order valence-electron chi connectivity index (χ4n) is 4.49. The van der Waals surface area contributed by atoms with E-state index in [-0.39, 0.29) is 29.7 Å². The molecule has 0 radical (unpaired) electrons. The molecule has 10 heteroatoms. The second-order valence-electron chi connectivity index (χ2n) is 8.89. The molecular formula is C24H25ClFN5O3. The molecule has 1 aliphatic heterocycles. The summed E-state index contributed by atoms with van der Waals surface area (Å²) >= 11 is 6.32. The van der Waals surface area contributed by atoms with Crippen LogP contribution in [0.3, 0.4) is 0 Å². The van der Waals surface area contributed by atoms with E-state index in [4.69, 9.17) is 16.3 Å². The van der Waals surface area contributed by atoms with Crippen LogP contribution in [0.5, 0.6) is 5.75 Å². The number of aryl methyl sites for hydroxylation is 2. The van der Waals surface area contributed by atoms with E-state index in [1.165, 1.54) is 18.2 Å². The zero-order valence-electron chi connectivity index (χ0n) is 19.2. The second-order valence-corrected chi connectivity index (χ2v) is 9.27. The first-order chi connectivity index (χ1) is 16.2. The zero-order valence-corrected chi connectivity index (χ0v) is 19.9. The maximum Gasteiger partial charge on any atom is 0.258 e. The summed E-state index contributed by atoms with van der Waals surface area (Å²) in [5.74, 6) is -0.530. The van der Waals surface area contributed by atoms with Gasteiger partial charge in [-0.3, -0.25) is 9.59 Å². The Morgan fingerprint density at radius 2 is 2.03 bits per heavy atom. The number of aromatic nitrogens is 3. The Labute approximate surface area is 201 Å². The van der Waals surface area contributed by atoms with Gasteiger partial charge in [0, 0.05) is 36.9 Å². The molecule has 0 saturated heterocycles. The highest BCUT2D eigenvalue weighted by molar-refractivity contribution is 6.31. The van der Waals surface area contributed by atoms with Crippen molar-refractivity contribution in [3.05, 3.63) is 57.2 Å². The third kappa shape index (κ3) is 3.87. The molecule has 1 saturated carbocycles. The van der Waals surface area contributed by atoms with Gasteiger partial charge in [0.25, 0.3) is 5.91 Å². The molecule has 0 unspecified atom stereocenters. The summed E-state index contributed by atoms with van der Waals surface area (Å²) in [5.41, 5.74) is 4.16. The number of carbonyl (C=O) groups is 2. The van der Waals surface area contributed by atoms with Crippen LogP contribution in [0.25, 0.3) is 5.65 Å². The van der Waals surface area contributed by atoms with Crippen LogP contribution in [0.15, 0.2) is 18.2 Å². The summed E-state index contributed by atoms with van der Waals surface area (Å²) in [6, 6.07) is 4.00. The van der Waals surface area contributed by atoms with E-state index in [1.54, 1.807) is 16.3 Å². The SMILES string of the molecule is CCC(=O)NC1CC(Oc2cc(F)ccc2C(=O)N2Cc3nn4c(C)c(Cl)c(C)nc4c3C2)C1. The second kappa shape index (κ2) is 8.54. The van der Waals surface area contributed by atoms with Crippen LogP contribution < -0.4 is 10.1 Å². The van der Waals surface area contributed by atoms with Crippen LogP contribution in [-0.4, -0.2) is 43.5 Å². The average molecular weight is 486 g/mol. The van der Waals surface area contributed by atoms with Gasteiger partial charge in [-0.1, -0.05) is 18.5 Å². The molecule has 1 fully saturated rings. The number of fused-ring (bicyclic) bond motifs is 3. The smallest absolute Gasteiger partial charge is 0.258 e. The molecule has 34 heavy (non-hydrogen) atoms. The van der Waals surface area contributed by atoms with Crippen molar-refractivity contribution in [2.24, 2.45) is 0 Å². The van der Waals surface area contributed by atoms with E-state index in [9.17, 15) is 14.0 Å². The Morgan fingerprint density at radius 1 is 1.26 bits per heavy atom. The van der Waals surface area contributed by atoms with E-state index in [1.807, 2.05) is 13.8 Å². The lowest BCUT2D eigenvalue weighted by molar-refractivity contribution is -0.122. The minimum Gasteiger partial charge on any atom is -0.489 e. The number of carbonyl (C=O) groups excluding carboxylic acids is 2. The predicted octanol–water partition coefficient (Wildman–Crippen LogP) is 3.73. The van der Waals surface area contributed by atoms with E-state index in [2.05, 4.69) is 15.4 Å². The van der Waals surface area contributed by atoms with Crippen molar-refractivity contribution in [1.82, 2.24) is 24.8 Å². The third-order valence-electron chi connectivity index (χ3n) is 6.49. The molecule has 3 aromatic rings. The molecule has 0 bridgehead atoms. The number of hydrogen-bond acceptors (Lipinski definition) is 5. The fraction of sp³-hybridized carbons (Fsp3) is 0.417. The number of benzene rings is 1. The van der Waals surface area contributed by atoms with Gasteiger partial charge >= 0.3 is 0 Å². The zero-order chi connectivity index (χ0) is 24.1. The number of nitrogens with one attached hydrogen (secondary N) is 1. The van der Waals surface area contributed by atoms with Crippen LogP contribution in [-0.2, 0) is 17.9 Å². The molecule has 0 atom stereocenters. The van der Waals surface area contributed by atoms with Crippen LogP contribution in [0, 0.1) is 19.7 Å². The molecule has 178 valence electrons. The highest BCUT2D eigenvalue weighted by Gasteiger charge is 2.35. The van der Waals surface area contributed by atoms with Crippen molar-refractivity contribution in [2.45, 2.75) is 65.3 Å². The molecule has 3 heterocycles. The highest BCUT2D eigenvalue weighted by atomic mass is 35.5. The number of amides is 2. The van der Waals surface area contributed by atoms with E-state index in [0.717, 1.165) is 17.0 Å². The van der Waals surface area contributed by atoms with Gasteiger partial charge in [-0.15, -0.1) is 0 Å². The summed E-state index contributed by atoms with van der Waals surface area (Å²) in [6.45, 7) is 6.19. The molecular weight excluding hydrogens is 461 g/mol. The molecule has 0 spiro atoms. The third-order valence-corrected chi connectivity index (χ3v) is 7.04. The maximum absolute atomic E-state index is 14.0. The summed E-state index contributed by atoms with van der Waals surface area (Å²) in [7, 11) is 0. The number of halogens is 2. The van der Waals surface area contributed by atoms with Crippen molar-refractivity contribution in [2.75, 3.05) is 0 Å². The van der Waals surface area contributed by atoms with Crippen molar-refractivity contribution >= 4 is 29.1 Å². The van der Waals surface area contributed by atoms with Crippen molar-refractivity contribution in [3.8, 4) is 5.75 Å². The molecule has 2 aromatic heterocycles. The van der Waals surface area contributed by atoms with Crippen LogP contribution in [0.1, 0.15) is 59.2 Å². The Morgan fingerprint density at radius 3 is 2.76 bits per heavy atom. The predicted molar refractivity (Wildman–Crippen MR) is 123 cm³/mol. The molecule has 8 nitrogen and oxygen atoms in total. The number of hydrogen-bond donors (Lipinski definition) is 1. The van der Waals surface area contributed by atoms with Gasteiger partial charge < -0.3 is 15.0 Å². The largest absolute Gasteiger partial charge is 0.489 e. The number of rotatable bonds is 5. The van der Waals surface area contributed by atoms with Gasteiger partial charge in [0.05, 0.1) is 40.8 Å². The van der Waals surface area contributed by atoms with Gasteiger partial charge in [-0.2, -0.15) is 5.10 Å². The van der Waals surface area contributed by atoms with Crippen molar-refractivity contribution in [3.63, 3.8) is 0 Å². The normalized spacial score (nSPS) is 19.1. The molecule has 5 rings (SSSR count). The van der Waals surface area contributed by atoms with Crippen LogP contribution in [0.2, 0.25) is 5.02 Å². The lowest BCUT2D eigenvalue weighted by Crippen LogP contribution is -2.49. The highest BCUT2D eigenvalue weighted by Crippen LogP contribution is 2.33. The lowest BCUT2D eigenvalue weighted by Gasteiger charge is -2.36. The van der Waals surface area contributed by atoms with Crippen molar-refractivity contribution < 1.29 is 18.7 Å². The molecule has 1 aromatic carbocycles. The molecule has 1 aliphatic carbocycles. The first-order valence-electron chi connectivity index (χ1n) is 11.3. The fourth-order valence-corrected chi connectivity index (χ4v) is 4.61. The van der Waals surface area contributed by atoms with Gasteiger partial charge in [0.1, 0.15) is 17.7 Å². The average Bonchev–Trinajstić information content (AvgIpc) is 3.34. The van der Waals surface area contributed by atoms with E-state index >= 15 is 0 Å². The summed E-state index contributed by atoms with van der Waals surface area (Å²) < 4.78 is 21.7. The minimum atomic E-state index is -0.476. The summed E-state index contributed by atoms with van der Waals surface area (Å²) in [6.07, 6.45) is 1.48. The quantitative estimate of drug-likeness (QED) is 0.595. The Balaban J connectivity index is 1.33. The molecule has 1 N–H and O–H groups in total. The lowest BCUT2D eigenvalue weighted by atomic mass is 9.89. The van der Waals surface area contributed by atoms with Crippen LogP contribution >= 0.6 is 11.6 Å². The van der Waals surface area contributed by atoms with E-state index in [0.29, 0.717) is 54.3 Å². The molecule has 2 aliphatic rings. The Kier molecular flexibility index (Phi) is 5.67. The van der Waals surface area contributed by atoms with Crippen molar-refractivity contribution in [1.29, 1.82) is 0 Å².